The van der Waals surface area contributed by atoms with Gasteiger partial charge in [0.1, 0.15) is 6.54 Å². The van der Waals surface area contributed by atoms with Crippen LogP contribution in [0, 0.1) is 0 Å². The van der Waals surface area contributed by atoms with Crippen LogP contribution in [0.2, 0.25) is 0 Å². The van der Waals surface area contributed by atoms with Crippen LogP contribution in [0.3, 0.4) is 0 Å². The summed E-state index contributed by atoms with van der Waals surface area (Å²) in [7, 11) is 0. The molecule has 1 N–H and O–H groups in total. The molecule has 0 fully saturated rings. The number of fused-ring (bicyclic) bond motifs is 1. The minimum absolute atomic E-state index is 0.175. The minimum atomic E-state index is -0.596. The van der Waals surface area contributed by atoms with Crippen molar-refractivity contribution in [1.29, 1.82) is 0 Å². The first-order valence-corrected chi connectivity index (χ1v) is 8.55. The highest BCUT2D eigenvalue weighted by Gasteiger charge is 2.12. The second kappa shape index (κ2) is 7.35. The molecule has 0 radical (unpaired) electrons. The number of hydrogen-bond acceptors (Lipinski definition) is 6. The van der Waals surface area contributed by atoms with Crippen LogP contribution in [0.25, 0.3) is 16.9 Å². The van der Waals surface area contributed by atoms with E-state index in [-0.39, 0.29) is 31.1 Å². The summed E-state index contributed by atoms with van der Waals surface area (Å²) in [6.45, 7) is 0.186. The van der Waals surface area contributed by atoms with E-state index in [1.807, 2.05) is 0 Å². The molecule has 10 heteroatoms. The third-order valence-electron chi connectivity index (χ3n) is 4.11. The highest BCUT2D eigenvalue weighted by molar-refractivity contribution is 5.79. The molecule has 0 aliphatic carbocycles. The highest BCUT2D eigenvalue weighted by atomic mass is 16.4. The van der Waals surface area contributed by atoms with Crippen LogP contribution in [0.15, 0.2) is 68.9 Å². The minimum Gasteiger partial charge on any atom is -0.408 e. The van der Waals surface area contributed by atoms with Gasteiger partial charge in [0, 0.05) is 25.0 Å². The summed E-state index contributed by atoms with van der Waals surface area (Å²) in [5.41, 5.74) is 0.682. The molecule has 142 valence electrons. The lowest BCUT2D eigenvalue weighted by molar-refractivity contribution is -0.121. The molecule has 0 saturated heterocycles. The Labute approximate surface area is 157 Å². The number of carbonyl (C=O) groups is 1. The first-order chi connectivity index (χ1) is 13.6. The maximum atomic E-state index is 12.2. The molecule has 1 amide bonds. The second-order valence-electron chi connectivity index (χ2n) is 5.98. The number of hydrogen-bond donors (Lipinski definition) is 1. The van der Waals surface area contributed by atoms with Gasteiger partial charge < -0.3 is 9.73 Å². The number of nitrogens with zero attached hydrogens (tertiary/aromatic N) is 5. The third kappa shape index (κ3) is 3.47. The SMILES string of the molecule is O=C(Cn1c(=O)oc2ccccc21)NCCn1nc(-n2cccn2)ccc1=O. The van der Waals surface area contributed by atoms with Gasteiger partial charge in [0.25, 0.3) is 5.56 Å². The number of rotatable bonds is 6. The molecule has 4 aromatic rings. The van der Waals surface area contributed by atoms with E-state index in [1.165, 1.54) is 20.0 Å². The van der Waals surface area contributed by atoms with Crippen molar-refractivity contribution in [2.45, 2.75) is 13.1 Å². The molecular weight excluding hydrogens is 364 g/mol. The van der Waals surface area contributed by atoms with Crippen LogP contribution in [-0.4, -0.2) is 36.6 Å². The van der Waals surface area contributed by atoms with E-state index in [0.717, 1.165) is 0 Å². The van der Waals surface area contributed by atoms with Gasteiger partial charge in [-0.25, -0.2) is 14.2 Å². The summed E-state index contributed by atoms with van der Waals surface area (Å²) < 4.78 is 9.14. The van der Waals surface area contributed by atoms with Gasteiger partial charge in [-0.2, -0.15) is 5.10 Å². The number of nitrogens with one attached hydrogen (secondary N) is 1. The maximum Gasteiger partial charge on any atom is 0.420 e. The Morgan fingerprint density at radius 1 is 1.11 bits per heavy atom. The first-order valence-electron chi connectivity index (χ1n) is 8.55. The molecule has 3 heterocycles. The summed E-state index contributed by atoms with van der Waals surface area (Å²) in [6.07, 6.45) is 3.32. The summed E-state index contributed by atoms with van der Waals surface area (Å²) >= 11 is 0. The largest absolute Gasteiger partial charge is 0.420 e. The van der Waals surface area contributed by atoms with Crippen molar-refractivity contribution in [1.82, 2.24) is 29.4 Å². The van der Waals surface area contributed by atoms with Gasteiger partial charge in [0.15, 0.2) is 11.4 Å². The van der Waals surface area contributed by atoms with Crippen molar-refractivity contribution in [3.63, 3.8) is 0 Å². The van der Waals surface area contributed by atoms with E-state index in [2.05, 4.69) is 15.5 Å². The van der Waals surface area contributed by atoms with Crippen molar-refractivity contribution >= 4 is 17.0 Å². The van der Waals surface area contributed by atoms with Crippen LogP contribution >= 0.6 is 0 Å². The number of benzene rings is 1. The fourth-order valence-corrected chi connectivity index (χ4v) is 2.79. The molecule has 0 saturated carbocycles. The zero-order chi connectivity index (χ0) is 19.5. The molecular formula is C18H16N6O4. The van der Waals surface area contributed by atoms with Gasteiger partial charge in [0.2, 0.25) is 5.91 Å². The Morgan fingerprint density at radius 2 is 1.96 bits per heavy atom. The summed E-state index contributed by atoms with van der Waals surface area (Å²) in [5.74, 6) is -0.474. The molecule has 4 rings (SSSR count). The average Bonchev–Trinajstić information content (AvgIpc) is 3.32. The van der Waals surface area contributed by atoms with E-state index in [4.69, 9.17) is 4.42 Å². The van der Waals surface area contributed by atoms with E-state index in [0.29, 0.717) is 16.9 Å². The Kier molecular flexibility index (Phi) is 4.58. The van der Waals surface area contributed by atoms with Crippen LogP contribution in [0.5, 0.6) is 0 Å². The second-order valence-corrected chi connectivity index (χ2v) is 5.98. The van der Waals surface area contributed by atoms with Crippen molar-refractivity contribution in [3.8, 4) is 5.82 Å². The van der Waals surface area contributed by atoms with E-state index < -0.39 is 5.76 Å². The van der Waals surface area contributed by atoms with Crippen LogP contribution in [-0.2, 0) is 17.9 Å². The van der Waals surface area contributed by atoms with Crippen LogP contribution in [0.4, 0.5) is 0 Å². The number of oxazole rings is 1. The number of para-hydroxylation sites is 2. The van der Waals surface area contributed by atoms with Crippen molar-refractivity contribution < 1.29 is 9.21 Å². The topological polar surface area (TPSA) is 117 Å². The van der Waals surface area contributed by atoms with Gasteiger partial charge >= 0.3 is 5.76 Å². The van der Waals surface area contributed by atoms with Crippen molar-refractivity contribution in [3.05, 3.63) is 75.8 Å². The summed E-state index contributed by atoms with van der Waals surface area (Å²) in [5, 5.41) is 11.0. The summed E-state index contributed by atoms with van der Waals surface area (Å²) in [6, 6.07) is 11.6. The summed E-state index contributed by atoms with van der Waals surface area (Å²) in [4.78, 5) is 36.1. The van der Waals surface area contributed by atoms with Gasteiger partial charge in [-0.05, 0) is 24.3 Å². The zero-order valence-corrected chi connectivity index (χ0v) is 14.7. The third-order valence-corrected chi connectivity index (χ3v) is 4.11. The molecule has 3 aromatic heterocycles. The normalized spacial score (nSPS) is 11.0. The predicted molar refractivity (Wildman–Crippen MR) is 99.1 cm³/mol. The maximum absolute atomic E-state index is 12.2. The van der Waals surface area contributed by atoms with Crippen LogP contribution in [0.1, 0.15) is 0 Å². The van der Waals surface area contributed by atoms with Crippen LogP contribution < -0.4 is 16.6 Å². The monoisotopic (exact) mass is 380 g/mol. The van der Waals surface area contributed by atoms with E-state index >= 15 is 0 Å². The van der Waals surface area contributed by atoms with Gasteiger partial charge in [0.05, 0.1) is 12.1 Å². The molecule has 0 bridgehead atoms. The van der Waals surface area contributed by atoms with E-state index in [1.54, 1.807) is 48.8 Å². The zero-order valence-electron chi connectivity index (χ0n) is 14.7. The number of aromatic nitrogens is 5. The Morgan fingerprint density at radius 3 is 2.79 bits per heavy atom. The lowest BCUT2D eigenvalue weighted by atomic mass is 10.3. The lowest BCUT2D eigenvalue weighted by Crippen LogP contribution is -2.35. The molecule has 0 spiro atoms. The van der Waals surface area contributed by atoms with E-state index in [9.17, 15) is 14.4 Å². The molecule has 0 aliphatic rings. The average molecular weight is 380 g/mol. The van der Waals surface area contributed by atoms with Crippen molar-refractivity contribution in [2.75, 3.05) is 6.54 Å². The van der Waals surface area contributed by atoms with Crippen molar-refractivity contribution in [2.24, 2.45) is 0 Å². The Hall–Kier alpha value is -3.95. The fraction of sp³-hybridized carbons (Fsp3) is 0.167. The Bertz CT molecular complexity index is 1230. The molecule has 0 unspecified atom stereocenters. The Balaban J connectivity index is 1.41. The fourth-order valence-electron chi connectivity index (χ4n) is 2.79. The molecule has 10 nitrogen and oxygen atoms in total. The molecule has 0 atom stereocenters. The molecule has 28 heavy (non-hydrogen) atoms. The predicted octanol–water partition coefficient (Wildman–Crippen LogP) is 0.153. The number of carbonyl (C=O) groups excluding carboxylic acids is 1. The van der Waals surface area contributed by atoms with Gasteiger partial charge in [-0.3, -0.25) is 14.2 Å². The molecule has 0 aliphatic heterocycles. The van der Waals surface area contributed by atoms with Gasteiger partial charge in [-0.15, -0.1) is 5.10 Å². The number of amides is 1. The highest BCUT2D eigenvalue weighted by Crippen LogP contribution is 2.11. The van der Waals surface area contributed by atoms with Gasteiger partial charge in [-0.1, -0.05) is 12.1 Å². The molecule has 1 aromatic carbocycles. The quantitative estimate of drug-likeness (QED) is 0.509. The lowest BCUT2D eigenvalue weighted by Gasteiger charge is -2.08. The first kappa shape index (κ1) is 17.5. The standard InChI is InChI=1S/C18H16N6O4/c25-16(12-22-13-4-1-2-5-14(13)28-18(22)27)19-9-11-24-17(26)7-6-15(21-24)23-10-3-8-20-23/h1-8,10H,9,11-12H2,(H,19,25). The smallest absolute Gasteiger partial charge is 0.408 e.